The van der Waals surface area contributed by atoms with Crippen molar-refractivity contribution in [3.05, 3.63) is 34.3 Å². The summed E-state index contributed by atoms with van der Waals surface area (Å²) in [7, 11) is -6.00. The van der Waals surface area contributed by atoms with Crippen LogP contribution in [-0.2, 0) is 0 Å². The van der Waals surface area contributed by atoms with Gasteiger partial charge in [-0.15, -0.1) is 0 Å². The van der Waals surface area contributed by atoms with E-state index in [4.69, 9.17) is 5.39 Å². The van der Waals surface area contributed by atoms with Crippen LogP contribution >= 0.6 is 0 Å². The molecule has 0 fully saturated rings. The van der Waals surface area contributed by atoms with Crippen molar-refractivity contribution in [1.29, 1.82) is 5.39 Å². The zero-order chi connectivity index (χ0) is 12.1. The van der Waals surface area contributed by atoms with Crippen LogP contribution in [0.15, 0.2) is 18.2 Å². The van der Waals surface area contributed by atoms with Crippen molar-refractivity contribution in [3.63, 3.8) is 0 Å². The summed E-state index contributed by atoms with van der Waals surface area (Å²) in [6.07, 6.45) is 0. The van der Waals surface area contributed by atoms with Gasteiger partial charge in [-0.3, -0.25) is 0 Å². The summed E-state index contributed by atoms with van der Waals surface area (Å²) < 4.78 is 39.0. The lowest BCUT2D eigenvalue weighted by molar-refractivity contribution is 0.368. The van der Waals surface area contributed by atoms with E-state index in [9.17, 15) is 17.3 Å². The van der Waals surface area contributed by atoms with Gasteiger partial charge >= 0.3 is 12.9 Å². The summed E-state index contributed by atoms with van der Waals surface area (Å²) in [4.78, 5) is 3.13. The highest BCUT2D eigenvalue weighted by molar-refractivity contribution is 6.50. The maximum absolute atomic E-state index is 9.75. The van der Waals surface area contributed by atoms with Gasteiger partial charge in [0.15, 0.2) is 4.98 Å². The van der Waals surface area contributed by atoms with Crippen molar-refractivity contribution in [3.8, 4) is 0 Å². The number of rotatable bonds is 0. The van der Waals surface area contributed by atoms with Gasteiger partial charge in [-0.2, -0.15) is 0 Å². The van der Waals surface area contributed by atoms with Crippen LogP contribution < -0.4 is 0 Å². The zero-order valence-corrected chi connectivity index (χ0v) is 8.22. The van der Waals surface area contributed by atoms with Gasteiger partial charge in [-0.25, -0.2) is 0 Å². The number of benzene rings is 1. The van der Waals surface area contributed by atoms with E-state index in [2.05, 4.69) is 4.98 Å². The van der Waals surface area contributed by atoms with Crippen LogP contribution in [0.1, 0.15) is 11.1 Å². The van der Waals surface area contributed by atoms with Crippen LogP contribution in [0, 0.1) is 19.2 Å². The molecular formula is C8H9BF4N2. The van der Waals surface area contributed by atoms with Gasteiger partial charge in [0.05, 0.1) is 0 Å². The van der Waals surface area contributed by atoms with E-state index in [1.54, 1.807) is 6.07 Å². The molecule has 0 aliphatic carbocycles. The SMILES string of the molecule is Cc1cccc([N+]#N)c1C.F[B-](F)(F)F. The molecule has 82 valence electrons. The molecule has 0 radical (unpaired) electrons. The van der Waals surface area contributed by atoms with E-state index in [1.807, 2.05) is 26.0 Å². The first-order valence-electron chi connectivity index (χ1n) is 4.04. The zero-order valence-electron chi connectivity index (χ0n) is 8.22. The average molecular weight is 220 g/mol. The van der Waals surface area contributed by atoms with E-state index in [0.29, 0.717) is 5.69 Å². The summed E-state index contributed by atoms with van der Waals surface area (Å²) in [5, 5.41) is 8.47. The average Bonchev–Trinajstić information content (AvgIpc) is 2.07. The highest BCUT2D eigenvalue weighted by Crippen LogP contribution is 2.20. The third-order valence-corrected chi connectivity index (χ3v) is 1.68. The summed E-state index contributed by atoms with van der Waals surface area (Å²) in [6.45, 7) is 3.92. The van der Waals surface area contributed by atoms with Gasteiger partial charge in [-0.1, -0.05) is 12.1 Å². The lowest BCUT2D eigenvalue weighted by atomic mass is 10.1. The minimum absolute atomic E-state index is 0.653. The second-order valence-corrected chi connectivity index (χ2v) is 2.81. The Morgan fingerprint density at radius 3 is 1.93 bits per heavy atom. The third kappa shape index (κ3) is 6.49. The smallest absolute Gasteiger partial charge is 0.418 e. The molecule has 0 amide bonds. The Bertz CT molecular complexity index is 364. The van der Waals surface area contributed by atoms with Crippen molar-refractivity contribution >= 4 is 12.9 Å². The first kappa shape index (κ1) is 13.4. The molecule has 0 heterocycles. The van der Waals surface area contributed by atoms with Crippen molar-refractivity contribution in [1.82, 2.24) is 0 Å². The number of diazo groups is 1. The summed E-state index contributed by atoms with van der Waals surface area (Å²) in [5.41, 5.74) is 2.83. The van der Waals surface area contributed by atoms with E-state index in [1.165, 1.54) is 0 Å². The standard InChI is InChI=1S/C8H9N2.BF4/c1-6-4-3-5-8(10-9)7(6)2;2-1(3,4)5/h3-5H,1-2H3;/q+1;-1. The largest absolute Gasteiger partial charge is 0.673 e. The maximum Gasteiger partial charge on any atom is 0.673 e. The van der Waals surface area contributed by atoms with Gasteiger partial charge in [-0.05, 0) is 19.4 Å². The van der Waals surface area contributed by atoms with E-state index >= 15 is 0 Å². The fourth-order valence-corrected chi connectivity index (χ4v) is 0.844. The summed E-state index contributed by atoms with van der Waals surface area (Å²) in [5.74, 6) is 0. The molecule has 0 atom stereocenters. The molecule has 1 aromatic rings. The lowest BCUT2D eigenvalue weighted by Crippen LogP contribution is -2.02. The van der Waals surface area contributed by atoms with Gasteiger partial charge in [0, 0.05) is 11.6 Å². The Kier molecular flexibility index (Phi) is 4.78. The van der Waals surface area contributed by atoms with E-state index in [0.717, 1.165) is 11.1 Å². The Hall–Kier alpha value is -1.58. The van der Waals surface area contributed by atoms with E-state index < -0.39 is 7.25 Å². The Morgan fingerprint density at radius 2 is 1.60 bits per heavy atom. The maximum atomic E-state index is 9.75. The van der Waals surface area contributed by atoms with Crippen LogP contribution in [0.5, 0.6) is 0 Å². The minimum Gasteiger partial charge on any atom is -0.418 e. The number of hydrogen-bond donors (Lipinski definition) is 0. The first-order chi connectivity index (χ1) is 6.75. The Labute approximate surface area is 84.6 Å². The highest BCUT2D eigenvalue weighted by atomic mass is 19.5. The second-order valence-electron chi connectivity index (χ2n) is 2.81. The Morgan fingerprint density at radius 1 is 1.13 bits per heavy atom. The van der Waals surface area contributed by atoms with Gasteiger partial charge in [0.1, 0.15) is 0 Å². The third-order valence-electron chi connectivity index (χ3n) is 1.68. The van der Waals surface area contributed by atoms with Crippen LogP contribution in [0.4, 0.5) is 23.0 Å². The fraction of sp³-hybridized carbons (Fsp3) is 0.250. The molecule has 0 N–H and O–H groups in total. The molecule has 15 heavy (non-hydrogen) atoms. The molecule has 0 saturated heterocycles. The molecule has 2 nitrogen and oxygen atoms in total. The number of aryl methyl sites for hydroxylation is 1. The van der Waals surface area contributed by atoms with Crippen LogP contribution in [-0.4, -0.2) is 7.25 Å². The molecule has 0 spiro atoms. The molecule has 7 heteroatoms. The molecule has 0 aliphatic rings. The van der Waals surface area contributed by atoms with Crippen LogP contribution in [0.2, 0.25) is 0 Å². The topological polar surface area (TPSA) is 28.1 Å². The van der Waals surface area contributed by atoms with Crippen molar-refractivity contribution in [2.45, 2.75) is 13.8 Å². The molecular weight excluding hydrogens is 211 g/mol. The van der Waals surface area contributed by atoms with Crippen molar-refractivity contribution in [2.75, 3.05) is 0 Å². The summed E-state index contributed by atoms with van der Waals surface area (Å²) in [6, 6.07) is 5.64. The normalized spacial score (nSPS) is 9.93. The lowest BCUT2D eigenvalue weighted by Gasteiger charge is -1.94. The van der Waals surface area contributed by atoms with Gasteiger partial charge < -0.3 is 17.3 Å². The molecule has 0 bridgehead atoms. The van der Waals surface area contributed by atoms with Crippen LogP contribution in [0.25, 0.3) is 4.98 Å². The quantitative estimate of drug-likeness (QED) is 0.367. The minimum atomic E-state index is -6.00. The van der Waals surface area contributed by atoms with Crippen LogP contribution in [0.3, 0.4) is 0 Å². The number of hydrogen-bond acceptors (Lipinski definition) is 1. The number of nitrogens with zero attached hydrogens (tertiary/aromatic N) is 2. The molecule has 0 unspecified atom stereocenters. The Balaban J connectivity index is 0.000000336. The number of halogens is 4. The predicted molar refractivity (Wildman–Crippen MR) is 50.8 cm³/mol. The molecule has 0 aliphatic heterocycles. The summed E-state index contributed by atoms with van der Waals surface area (Å²) >= 11 is 0. The van der Waals surface area contributed by atoms with Gasteiger partial charge in [0.25, 0.3) is 0 Å². The first-order valence-corrected chi connectivity index (χ1v) is 4.04. The second kappa shape index (κ2) is 5.34. The molecule has 0 aromatic heterocycles. The van der Waals surface area contributed by atoms with E-state index in [-0.39, 0.29) is 0 Å². The monoisotopic (exact) mass is 220 g/mol. The molecule has 0 saturated carbocycles. The molecule has 1 aromatic carbocycles. The highest BCUT2D eigenvalue weighted by Gasteiger charge is 2.20. The van der Waals surface area contributed by atoms with Gasteiger partial charge in [0.2, 0.25) is 5.39 Å². The van der Waals surface area contributed by atoms with Crippen molar-refractivity contribution in [2.24, 2.45) is 0 Å². The predicted octanol–water partition coefficient (Wildman–Crippen LogP) is 4.09. The fourth-order valence-electron chi connectivity index (χ4n) is 0.844. The molecule has 1 rings (SSSR count). The van der Waals surface area contributed by atoms with Crippen molar-refractivity contribution < 1.29 is 17.3 Å².